The van der Waals surface area contributed by atoms with Crippen LogP contribution in [0.1, 0.15) is 41.6 Å². The molecule has 0 aromatic heterocycles. The lowest BCUT2D eigenvalue weighted by Crippen LogP contribution is -2.38. The number of nitrogens with zero attached hydrogens (tertiary/aromatic N) is 1. The molecule has 2 aromatic carbocycles. The third-order valence-electron chi connectivity index (χ3n) is 5.09. The normalized spacial score (nSPS) is 20.0. The average Bonchev–Trinajstić information content (AvgIpc) is 2.69. The molecule has 1 aliphatic carbocycles. The Bertz CT molecular complexity index is 827. The summed E-state index contributed by atoms with van der Waals surface area (Å²) in [7, 11) is 0. The summed E-state index contributed by atoms with van der Waals surface area (Å²) >= 11 is 7.35. The molecule has 8 heteroatoms. The van der Waals surface area contributed by atoms with E-state index in [9.17, 15) is 18.0 Å². The molecule has 0 radical (unpaired) electrons. The van der Waals surface area contributed by atoms with Crippen molar-refractivity contribution in [3.8, 4) is 0 Å². The van der Waals surface area contributed by atoms with Gasteiger partial charge in [0.25, 0.3) is 0 Å². The van der Waals surface area contributed by atoms with Crippen molar-refractivity contribution >= 4 is 29.5 Å². The predicted molar refractivity (Wildman–Crippen MR) is 108 cm³/mol. The van der Waals surface area contributed by atoms with E-state index >= 15 is 0 Å². The highest BCUT2D eigenvalue weighted by Gasteiger charge is 2.43. The van der Waals surface area contributed by atoms with Gasteiger partial charge in [0.15, 0.2) is 0 Å². The van der Waals surface area contributed by atoms with Crippen molar-refractivity contribution in [1.29, 1.82) is 0 Å². The number of hydrogen-bond donors (Lipinski definition) is 1. The molecule has 156 valence electrons. The standard InChI is InChI=1S/C21H21ClF3NO2S/c22-17-8-10-19(11-9-17)29-26(13-14-4-6-15(7-5-14)20(27)28)18-3-1-2-16(12-18)21(23,24)25/h4-11,16,18H,1-3,12-13H2,(H,27,28). The lowest BCUT2D eigenvalue weighted by Gasteiger charge is -2.37. The molecule has 0 bridgehead atoms. The van der Waals surface area contributed by atoms with Crippen LogP contribution in [0.25, 0.3) is 0 Å². The first kappa shape index (κ1) is 22.0. The number of rotatable bonds is 6. The van der Waals surface area contributed by atoms with Crippen molar-refractivity contribution in [3.05, 3.63) is 64.7 Å². The second kappa shape index (κ2) is 9.41. The van der Waals surface area contributed by atoms with E-state index in [0.29, 0.717) is 24.4 Å². The van der Waals surface area contributed by atoms with E-state index in [0.717, 1.165) is 10.5 Å². The maximum Gasteiger partial charge on any atom is 0.391 e. The molecule has 1 saturated carbocycles. The van der Waals surface area contributed by atoms with Gasteiger partial charge in [-0.2, -0.15) is 13.2 Å². The average molecular weight is 444 g/mol. The summed E-state index contributed by atoms with van der Waals surface area (Å²) in [5, 5.41) is 9.65. The molecule has 0 saturated heterocycles. The highest BCUT2D eigenvalue weighted by atomic mass is 35.5. The Labute approximate surface area is 177 Å². The Morgan fingerprint density at radius 1 is 1.10 bits per heavy atom. The first-order valence-corrected chi connectivity index (χ1v) is 10.5. The van der Waals surface area contributed by atoms with Crippen LogP contribution in [0.15, 0.2) is 53.4 Å². The fourth-order valence-corrected chi connectivity index (χ4v) is 4.73. The van der Waals surface area contributed by atoms with Crippen LogP contribution >= 0.6 is 23.5 Å². The van der Waals surface area contributed by atoms with Gasteiger partial charge in [0.2, 0.25) is 0 Å². The molecule has 0 spiro atoms. The third-order valence-corrected chi connectivity index (χ3v) is 6.49. The molecular weight excluding hydrogens is 423 g/mol. The minimum absolute atomic E-state index is 0.0668. The van der Waals surface area contributed by atoms with Crippen LogP contribution < -0.4 is 0 Å². The largest absolute Gasteiger partial charge is 0.478 e. The zero-order valence-corrected chi connectivity index (χ0v) is 17.1. The monoisotopic (exact) mass is 443 g/mol. The summed E-state index contributed by atoms with van der Waals surface area (Å²) in [6, 6.07) is 13.4. The molecule has 2 aromatic rings. The second-order valence-corrected chi connectivity index (χ2v) is 8.74. The Balaban J connectivity index is 1.80. The Kier molecular flexibility index (Phi) is 7.14. The Morgan fingerprint density at radius 3 is 2.34 bits per heavy atom. The number of hydrogen-bond acceptors (Lipinski definition) is 3. The van der Waals surface area contributed by atoms with Gasteiger partial charge in [-0.05, 0) is 73.2 Å². The maximum atomic E-state index is 13.3. The lowest BCUT2D eigenvalue weighted by molar-refractivity contribution is -0.185. The van der Waals surface area contributed by atoms with E-state index in [-0.39, 0.29) is 24.4 Å². The van der Waals surface area contributed by atoms with Crippen LogP contribution in [0, 0.1) is 5.92 Å². The fourth-order valence-electron chi connectivity index (χ4n) is 3.52. The van der Waals surface area contributed by atoms with Gasteiger partial charge in [0, 0.05) is 22.5 Å². The molecule has 0 amide bonds. The summed E-state index contributed by atoms with van der Waals surface area (Å²) in [5.41, 5.74) is 1.03. The zero-order chi connectivity index (χ0) is 21.0. The van der Waals surface area contributed by atoms with E-state index in [4.69, 9.17) is 16.7 Å². The molecule has 0 aliphatic heterocycles. The molecule has 0 heterocycles. The van der Waals surface area contributed by atoms with Crippen LogP contribution in [0.3, 0.4) is 0 Å². The highest BCUT2D eigenvalue weighted by molar-refractivity contribution is 7.97. The lowest BCUT2D eigenvalue weighted by atomic mass is 9.85. The van der Waals surface area contributed by atoms with Crippen molar-refractivity contribution in [2.45, 2.75) is 49.3 Å². The van der Waals surface area contributed by atoms with Crippen LogP contribution in [0.2, 0.25) is 5.02 Å². The van der Waals surface area contributed by atoms with Gasteiger partial charge in [-0.15, -0.1) is 0 Å². The molecule has 1 aliphatic rings. The molecule has 2 atom stereocenters. The maximum absolute atomic E-state index is 13.3. The number of aromatic carboxylic acids is 1. The van der Waals surface area contributed by atoms with Crippen molar-refractivity contribution < 1.29 is 23.1 Å². The third kappa shape index (κ3) is 6.14. The molecule has 1 N–H and O–H groups in total. The van der Waals surface area contributed by atoms with Crippen molar-refractivity contribution in [2.24, 2.45) is 5.92 Å². The summed E-state index contributed by atoms with van der Waals surface area (Å²) in [4.78, 5) is 11.9. The number of carboxylic acid groups (broad SMARTS) is 1. The van der Waals surface area contributed by atoms with Gasteiger partial charge in [0.1, 0.15) is 0 Å². The number of benzene rings is 2. The molecule has 1 fully saturated rings. The fraction of sp³-hybridized carbons (Fsp3) is 0.381. The molecule has 2 unspecified atom stereocenters. The number of alkyl halides is 3. The zero-order valence-electron chi connectivity index (χ0n) is 15.5. The van der Waals surface area contributed by atoms with E-state index in [1.807, 2.05) is 16.4 Å². The molecule has 3 rings (SSSR count). The van der Waals surface area contributed by atoms with Gasteiger partial charge in [-0.3, -0.25) is 0 Å². The van der Waals surface area contributed by atoms with Gasteiger partial charge in [-0.25, -0.2) is 9.10 Å². The minimum Gasteiger partial charge on any atom is -0.478 e. The number of halogens is 4. The molecule has 29 heavy (non-hydrogen) atoms. The summed E-state index contributed by atoms with van der Waals surface area (Å²) in [6.07, 6.45) is -2.71. The van der Waals surface area contributed by atoms with Crippen molar-refractivity contribution in [3.63, 3.8) is 0 Å². The molecular formula is C21H21ClF3NO2S. The smallest absolute Gasteiger partial charge is 0.391 e. The van der Waals surface area contributed by atoms with E-state index in [1.165, 1.54) is 24.1 Å². The van der Waals surface area contributed by atoms with E-state index in [1.54, 1.807) is 24.3 Å². The predicted octanol–water partition coefficient (Wildman–Crippen LogP) is 6.67. The quantitative estimate of drug-likeness (QED) is 0.506. The second-order valence-electron chi connectivity index (χ2n) is 7.18. The minimum atomic E-state index is -4.18. The van der Waals surface area contributed by atoms with Crippen LogP contribution in [-0.2, 0) is 6.54 Å². The topological polar surface area (TPSA) is 40.5 Å². The van der Waals surface area contributed by atoms with Crippen molar-refractivity contribution in [1.82, 2.24) is 4.31 Å². The van der Waals surface area contributed by atoms with Gasteiger partial charge < -0.3 is 5.11 Å². The summed E-state index contributed by atoms with van der Waals surface area (Å²) < 4.78 is 41.9. The first-order valence-electron chi connectivity index (χ1n) is 9.31. The number of carboxylic acids is 1. The van der Waals surface area contributed by atoms with Crippen LogP contribution in [0.4, 0.5) is 13.2 Å². The van der Waals surface area contributed by atoms with E-state index < -0.39 is 18.1 Å². The molecule has 3 nitrogen and oxygen atoms in total. The van der Waals surface area contributed by atoms with Gasteiger partial charge in [-0.1, -0.05) is 30.2 Å². The highest BCUT2D eigenvalue weighted by Crippen LogP contribution is 2.41. The van der Waals surface area contributed by atoms with Crippen LogP contribution in [0.5, 0.6) is 0 Å². The Morgan fingerprint density at radius 2 is 1.76 bits per heavy atom. The number of carbonyl (C=O) groups is 1. The van der Waals surface area contributed by atoms with E-state index in [2.05, 4.69) is 0 Å². The first-order chi connectivity index (χ1) is 13.7. The van der Waals surface area contributed by atoms with Gasteiger partial charge >= 0.3 is 12.1 Å². The van der Waals surface area contributed by atoms with Crippen LogP contribution in [-0.4, -0.2) is 27.6 Å². The van der Waals surface area contributed by atoms with Crippen molar-refractivity contribution in [2.75, 3.05) is 0 Å². The SMILES string of the molecule is O=C(O)c1ccc(CN(Sc2ccc(Cl)cc2)C2CCCC(C(F)(F)F)C2)cc1. The Hall–Kier alpha value is -1.70. The van der Waals surface area contributed by atoms with Gasteiger partial charge in [0.05, 0.1) is 11.5 Å². The summed E-state index contributed by atoms with van der Waals surface area (Å²) in [6.45, 7) is 0.419. The summed E-state index contributed by atoms with van der Waals surface area (Å²) in [5.74, 6) is -2.30.